The second-order valence-corrected chi connectivity index (χ2v) is 8.27. The highest BCUT2D eigenvalue weighted by Gasteiger charge is 2.16. The zero-order valence-electron chi connectivity index (χ0n) is 13.5. The van der Waals surface area contributed by atoms with Crippen LogP contribution in [0.15, 0.2) is 53.4 Å². The van der Waals surface area contributed by atoms with Gasteiger partial charge in [0.25, 0.3) is 0 Å². The van der Waals surface area contributed by atoms with Gasteiger partial charge in [0, 0.05) is 25.9 Å². The van der Waals surface area contributed by atoms with Crippen LogP contribution in [-0.4, -0.2) is 32.7 Å². The van der Waals surface area contributed by atoms with Gasteiger partial charge in [-0.2, -0.15) is 0 Å². The minimum absolute atomic E-state index is 0.154. The Labute approximate surface area is 156 Å². The van der Waals surface area contributed by atoms with Crippen molar-refractivity contribution >= 4 is 50.9 Å². The molecule has 2 aromatic carbocycles. The molecule has 0 saturated heterocycles. The number of sulfonamides is 1. The normalized spacial score (nSPS) is 11.9. The molecule has 0 aliphatic rings. The molecule has 0 aromatic heterocycles. The number of anilines is 1. The molecule has 0 bridgehead atoms. The summed E-state index contributed by atoms with van der Waals surface area (Å²) in [5.74, 6) is -0.353. The van der Waals surface area contributed by atoms with E-state index in [9.17, 15) is 13.2 Å². The molecule has 0 saturated carbocycles. The Balaban J connectivity index is 2.05. The van der Waals surface area contributed by atoms with Crippen LogP contribution in [0.1, 0.15) is 5.56 Å². The Morgan fingerprint density at radius 1 is 1.04 bits per heavy atom. The maximum Gasteiger partial charge on any atom is 0.248 e. The molecule has 2 aromatic rings. The van der Waals surface area contributed by atoms with Crippen molar-refractivity contribution in [3.05, 3.63) is 64.1 Å². The van der Waals surface area contributed by atoms with Crippen molar-refractivity contribution in [2.45, 2.75) is 4.90 Å². The van der Waals surface area contributed by atoms with Gasteiger partial charge in [0.2, 0.25) is 15.9 Å². The minimum atomic E-state index is -3.49. The zero-order valence-corrected chi connectivity index (χ0v) is 15.9. The van der Waals surface area contributed by atoms with Gasteiger partial charge in [0.1, 0.15) is 0 Å². The number of nitrogens with one attached hydrogen (secondary N) is 1. The van der Waals surface area contributed by atoms with Gasteiger partial charge in [-0.15, -0.1) is 0 Å². The lowest BCUT2D eigenvalue weighted by Gasteiger charge is -2.11. The predicted molar refractivity (Wildman–Crippen MR) is 101 cm³/mol. The van der Waals surface area contributed by atoms with Crippen LogP contribution in [0.5, 0.6) is 0 Å². The van der Waals surface area contributed by atoms with Crippen LogP contribution in [0.4, 0.5) is 5.69 Å². The average molecular weight is 399 g/mol. The molecule has 5 nitrogen and oxygen atoms in total. The highest BCUT2D eigenvalue weighted by Crippen LogP contribution is 2.23. The number of halogens is 2. The van der Waals surface area contributed by atoms with Crippen molar-refractivity contribution in [1.82, 2.24) is 4.31 Å². The van der Waals surface area contributed by atoms with E-state index in [-0.39, 0.29) is 10.8 Å². The molecule has 0 spiro atoms. The molecule has 0 atom stereocenters. The van der Waals surface area contributed by atoms with E-state index in [1.165, 1.54) is 44.4 Å². The van der Waals surface area contributed by atoms with E-state index in [1.807, 2.05) is 0 Å². The molecule has 0 aliphatic heterocycles. The van der Waals surface area contributed by atoms with Crippen LogP contribution in [-0.2, 0) is 14.8 Å². The Kier molecular flexibility index (Phi) is 6.24. The molecule has 8 heteroatoms. The molecule has 0 aliphatic carbocycles. The fourth-order valence-corrected chi connectivity index (χ4v) is 3.10. The molecule has 0 radical (unpaired) electrons. The molecule has 1 N–H and O–H groups in total. The first-order valence-corrected chi connectivity index (χ1v) is 9.36. The minimum Gasteiger partial charge on any atom is -0.323 e. The second kappa shape index (κ2) is 8.01. The molecular weight excluding hydrogens is 383 g/mol. The van der Waals surface area contributed by atoms with Gasteiger partial charge in [0.15, 0.2) is 0 Å². The third kappa shape index (κ3) is 5.06. The number of rotatable bonds is 5. The Hall–Kier alpha value is -1.86. The van der Waals surface area contributed by atoms with E-state index >= 15 is 0 Å². The fourth-order valence-electron chi connectivity index (χ4n) is 1.89. The van der Waals surface area contributed by atoms with Gasteiger partial charge in [-0.05, 0) is 48.0 Å². The summed E-state index contributed by atoms with van der Waals surface area (Å²) in [4.78, 5) is 12.1. The SMILES string of the molecule is CN(C)S(=O)(=O)c1ccc(NC(=O)/C=C/c2ccc(Cl)c(Cl)c2)cc1. The van der Waals surface area contributed by atoms with Crippen molar-refractivity contribution in [3.8, 4) is 0 Å². The Morgan fingerprint density at radius 2 is 1.68 bits per heavy atom. The molecule has 1 amide bonds. The standard InChI is InChI=1S/C17H16Cl2N2O3S/c1-21(2)25(23,24)14-7-5-13(6-8-14)20-17(22)10-4-12-3-9-15(18)16(19)11-12/h3-11H,1-2H3,(H,20,22)/b10-4+. The van der Waals surface area contributed by atoms with E-state index in [1.54, 1.807) is 24.3 Å². The second-order valence-electron chi connectivity index (χ2n) is 5.31. The van der Waals surface area contributed by atoms with Crippen molar-refractivity contribution in [2.24, 2.45) is 0 Å². The quantitative estimate of drug-likeness (QED) is 0.776. The number of carbonyl (C=O) groups is 1. The Bertz CT molecular complexity index is 908. The summed E-state index contributed by atoms with van der Waals surface area (Å²) >= 11 is 11.7. The third-order valence-electron chi connectivity index (χ3n) is 3.27. The van der Waals surface area contributed by atoms with Crippen molar-refractivity contribution < 1.29 is 13.2 Å². The van der Waals surface area contributed by atoms with E-state index < -0.39 is 10.0 Å². The highest BCUT2D eigenvalue weighted by molar-refractivity contribution is 7.89. The first-order chi connectivity index (χ1) is 11.7. The van der Waals surface area contributed by atoms with Crippen LogP contribution < -0.4 is 5.32 Å². The molecule has 0 heterocycles. The van der Waals surface area contributed by atoms with Gasteiger partial charge in [-0.25, -0.2) is 12.7 Å². The van der Waals surface area contributed by atoms with Gasteiger partial charge in [-0.1, -0.05) is 29.3 Å². The van der Waals surface area contributed by atoms with Crippen molar-refractivity contribution in [2.75, 3.05) is 19.4 Å². The monoisotopic (exact) mass is 398 g/mol. The largest absolute Gasteiger partial charge is 0.323 e. The number of amides is 1. The summed E-state index contributed by atoms with van der Waals surface area (Å²) in [5, 5.41) is 3.50. The summed E-state index contributed by atoms with van der Waals surface area (Å²) in [5.41, 5.74) is 1.22. The number of hydrogen-bond acceptors (Lipinski definition) is 3. The smallest absolute Gasteiger partial charge is 0.248 e. The molecule has 132 valence electrons. The first-order valence-electron chi connectivity index (χ1n) is 7.17. The summed E-state index contributed by atoms with van der Waals surface area (Å²) < 4.78 is 25.1. The molecule has 2 rings (SSSR count). The lowest BCUT2D eigenvalue weighted by atomic mass is 10.2. The number of benzene rings is 2. The van der Waals surface area contributed by atoms with Gasteiger partial charge in [0.05, 0.1) is 14.9 Å². The van der Waals surface area contributed by atoms with E-state index in [2.05, 4.69) is 5.32 Å². The summed E-state index contributed by atoms with van der Waals surface area (Å²) in [6.45, 7) is 0. The predicted octanol–water partition coefficient (Wildman–Crippen LogP) is 3.90. The van der Waals surface area contributed by atoms with Crippen molar-refractivity contribution in [3.63, 3.8) is 0 Å². The van der Waals surface area contributed by atoms with Crippen LogP contribution in [0.25, 0.3) is 6.08 Å². The molecule has 25 heavy (non-hydrogen) atoms. The van der Waals surface area contributed by atoms with E-state index in [0.29, 0.717) is 15.7 Å². The maximum absolute atomic E-state index is 12.0. The first kappa shape index (κ1) is 19.5. The fraction of sp³-hybridized carbons (Fsp3) is 0.118. The zero-order chi connectivity index (χ0) is 18.6. The summed E-state index contributed by atoms with van der Waals surface area (Å²) in [6, 6.07) is 11.0. The van der Waals surface area contributed by atoms with Crippen LogP contribution >= 0.6 is 23.2 Å². The van der Waals surface area contributed by atoms with E-state index in [4.69, 9.17) is 23.2 Å². The van der Waals surface area contributed by atoms with Crippen molar-refractivity contribution in [1.29, 1.82) is 0 Å². The third-order valence-corrected chi connectivity index (χ3v) is 5.84. The number of carbonyl (C=O) groups excluding carboxylic acids is 1. The summed E-state index contributed by atoms with van der Waals surface area (Å²) in [6.07, 6.45) is 2.95. The molecule has 0 fully saturated rings. The maximum atomic E-state index is 12.0. The number of nitrogens with zero attached hydrogens (tertiary/aromatic N) is 1. The van der Waals surface area contributed by atoms with Crippen LogP contribution in [0.3, 0.4) is 0 Å². The lowest BCUT2D eigenvalue weighted by molar-refractivity contribution is -0.111. The van der Waals surface area contributed by atoms with Crippen LogP contribution in [0.2, 0.25) is 10.0 Å². The van der Waals surface area contributed by atoms with E-state index in [0.717, 1.165) is 9.87 Å². The molecule has 0 unspecified atom stereocenters. The number of hydrogen-bond donors (Lipinski definition) is 1. The van der Waals surface area contributed by atoms with Gasteiger partial charge < -0.3 is 5.32 Å². The summed E-state index contributed by atoms with van der Waals surface area (Å²) in [7, 11) is -0.578. The van der Waals surface area contributed by atoms with Crippen LogP contribution in [0, 0.1) is 0 Å². The topological polar surface area (TPSA) is 66.5 Å². The van der Waals surface area contributed by atoms with Gasteiger partial charge in [-0.3, -0.25) is 4.79 Å². The Morgan fingerprint density at radius 3 is 2.24 bits per heavy atom. The average Bonchev–Trinajstić information content (AvgIpc) is 2.56. The molecular formula is C17H16Cl2N2O3S. The van der Waals surface area contributed by atoms with Gasteiger partial charge >= 0.3 is 0 Å². The highest BCUT2D eigenvalue weighted by atomic mass is 35.5. The lowest BCUT2D eigenvalue weighted by Crippen LogP contribution is -2.22.